The molecule has 0 saturated heterocycles. The van der Waals surface area contributed by atoms with E-state index in [0.29, 0.717) is 12.0 Å². The molecule has 0 spiro atoms. The molecule has 0 amide bonds. The number of carbonyl (C=O) groups excluding carboxylic acids is 1. The van der Waals surface area contributed by atoms with Crippen molar-refractivity contribution in [2.45, 2.75) is 12.5 Å². The second-order valence-electron chi connectivity index (χ2n) is 5.31. The van der Waals surface area contributed by atoms with Crippen LogP contribution < -0.4 is 4.74 Å². The van der Waals surface area contributed by atoms with Gasteiger partial charge in [0.05, 0.1) is 12.0 Å². The third-order valence-corrected chi connectivity index (χ3v) is 3.98. The van der Waals surface area contributed by atoms with Crippen molar-refractivity contribution in [3.8, 4) is 5.75 Å². The van der Waals surface area contributed by atoms with Gasteiger partial charge in [-0.2, -0.15) is 0 Å². The lowest BCUT2D eigenvalue weighted by Gasteiger charge is -2.26. The van der Waals surface area contributed by atoms with Crippen LogP contribution in [0.5, 0.6) is 5.75 Å². The predicted octanol–water partition coefficient (Wildman–Crippen LogP) is 4.55. The number of hydrogen-bond acceptors (Lipinski definition) is 2. The zero-order valence-electron chi connectivity index (χ0n) is 11.5. The van der Waals surface area contributed by atoms with Gasteiger partial charge in [-0.25, -0.2) is 0 Å². The maximum Gasteiger partial charge on any atom is 0.170 e. The molecule has 102 valence electrons. The summed E-state index contributed by atoms with van der Waals surface area (Å²) in [6.07, 6.45) is 0.201. The topological polar surface area (TPSA) is 26.3 Å². The van der Waals surface area contributed by atoms with E-state index < -0.39 is 0 Å². The van der Waals surface area contributed by atoms with E-state index >= 15 is 0 Å². The van der Waals surface area contributed by atoms with Crippen molar-refractivity contribution >= 4 is 16.6 Å². The Morgan fingerprint density at radius 2 is 1.62 bits per heavy atom. The highest BCUT2D eigenvalue weighted by molar-refractivity contribution is 6.06. The first-order chi connectivity index (χ1) is 10.3. The average molecular weight is 274 g/mol. The number of benzene rings is 3. The number of ether oxygens (including phenoxy) is 1. The van der Waals surface area contributed by atoms with Gasteiger partial charge in [0.15, 0.2) is 5.78 Å². The van der Waals surface area contributed by atoms with Gasteiger partial charge in [0.1, 0.15) is 11.9 Å². The van der Waals surface area contributed by atoms with Crippen LogP contribution in [-0.2, 0) is 0 Å². The molecule has 0 unspecified atom stereocenters. The third kappa shape index (κ3) is 2.00. The van der Waals surface area contributed by atoms with Crippen molar-refractivity contribution < 1.29 is 9.53 Å². The second kappa shape index (κ2) is 4.74. The van der Waals surface area contributed by atoms with Crippen LogP contribution in [0.1, 0.15) is 28.4 Å². The number of ketones is 1. The summed E-state index contributed by atoms with van der Waals surface area (Å²) in [5.74, 6) is 0.869. The molecular formula is C19H14O2. The standard InChI is InChI=1S/C19H14O2/c20-17-12-18(14-7-2-1-3-8-14)21-19-15-9-5-4-6-13(15)10-11-16(17)19/h1-11,18H,12H2/t18-/m1/s1. The SMILES string of the molecule is O=C1C[C@H](c2ccccc2)Oc2c1ccc1ccccc21. The molecule has 3 aromatic carbocycles. The molecular weight excluding hydrogens is 260 g/mol. The number of fused-ring (bicyclic) bond motifs is 3. The molecule has 21 heavy (non-hydrogen) atoms. The van der Waals surface area contributed by atoms with Gasteiger partial charge in [0.25, 0.3) is 0 Å². The summed E-state index contributed by atoms with van der Waals surface area (Å²) in [7, 11) is 0. The fraction of sp³-hybridized carbons (Fsp3) is 0.105. The van der Waals surface area contributed by atoms with Crippen LogP contribution in [0, 0.1) is 0 Å². The summed E-state index contributed by atoms with van der Waals surface area (Å²) >= 11 is 0. The average Bonchev–Trinajstić information content (AvgIpc) is 2.55. The molecule has 3 aromatic rings. The van der Waals surface area contributed by atoms with Gasteiger partial charge in [0.2, 0.25) is 0 Å². The van der Waals surface area contributed by atoms with Crippen molar-refractivity contribution in [3.63, 3.8) is 0 Å². The van der Waals surface area contributed by atoms with Gasteiger partial charge in [-0.05, 0) is 17.0 Å². The van der Waals surface area contributed by atoms with E-state index in [1.54, 1.807) is 0 Å². The number of rotatable bonds is 1. The van der Waals surface area contributed by atoms with Crippen molar-refractivity contribution in [3.05, 3.63) is 77.9 Å². The summed E-state index contributed by atoms with van der Waals surface area (Å²) < 4.78 is 6.18. The molecule has 0 N–H and O–H groups in total. The lowest BCUT2D eigenvalue weighted by molar-refractivity contribution is 0.0853. The minimum Gasteiger partial charge on any atom is -0.484 e. The Labute approximate surface area is 123 Å². The zero-order chi connectivity index (χ0) is 14.2. The molecule has 0 saturated carbocycles. The van der Waals surface area contributed by atoms with E-state index in [1.165, 1.54) is 0 Å². The van der Waals surface area contributed by atoms with Gasteiger partial charge in [-0.15, -0.1) is 0 Å². The summed E-state index contributed by atoms with van der Waals surface area (Å²) in [6.45, 7) is 0. The largest absolute Gasteiger partial charge is 0.484 e. The Hall–Kier alpha value is -2.61. The van der Waals surface area contributed by atoms with E-state index in [-0.39, 0.29) is 11.9 Å². The van der Waals surface area contributed by atoms with E-state index in [1.807, 2.05) is 66.7 Å². The Bertz CT molecular complexity index is 821. The second-order valence-corrected chi connectivity index (χ2v) is 5.31. The van der Waals surface area contributed by atoms with Crippen LogP contribution in [0.15, 0.2) is 66.7 Å². The molecule has 0 aliphatic carbocycles. The van der Waals surface area contributed by atoms with Crippen LogP contribution in [0.4, 0.5) is 0 Å². The summed E-state index contributed by atoms with van der Waals surface area (Å²) in [5.41, 5.74) is 1.74. The van der Waals surface area contributed by atoms with Gasteiger partial charge < -0.3 is 4.74 Å². The van der Waals surface area contributed by atoms with Crippen LogP contribution in [0.25, 0.3) is 10.8 Å². The minimum absolute atomic E-state index is 0.149. The van der Waals surface area contributed by atoms with Gasteiger partial charge in [-0.1, -0.05) is 60.7 Å². The van der Waals surface area contributed by atoms with Crippen molar-refractivity contribution in [2.75, 3.05) is 0 Å². The molecule has 1 heterocycles. The molecule has 1 aliphatic heterocycles. The van der Waals surface area contributed by atoms with Crippen molar-refractivity contribution in [1.29, 1.82) is 0 Å². The Balaban J connectivity index is 1.86. The van der Waals surface area contributed by atoms with E-state index in [9.17, 15) is 4.79 Å². The summed E-state index contributed by atoms with van der Waals surface area (Å²) in [5, 5.41) is 2.10. The lowest BCUT2D eigenvalue weighted by Crippen LogP contribution is -2.20. The summed E-state index contributed by atoms with van der Waals surface area (Å²) in [4.78, 5) is 12.4. The molecule has 0 radical (unpaired) electrons. The number of Topliss-reactive ketones (excluding diaryl/α,β-unsaturated/α-hetero) is 1. The molecule has 0 aromatic heterocycles. The minimum atomic E-state index is -0.197. The van der Waals surface area contributed by atoms with Crippen LogP contribution >= 0.6 is 0 Å². The van der Waals surface area contributed by atoms with Crippen LogP contribution in [0.2, 0.25) is 0 Å². The fourth-order valence-corrected chi connectivity index (χ4v) is 2.91. The van der Waals surface area contributed by atoms with Crippen LogP contribution in [-0.4, -0.2) is 5.78 Å². The normalized spacial score (nSPS) is 17.3. The molecule has 0 fully saturated rings. The number of carbonyl (C=O) groups is 1. The summed E-state index contributed by atoms with van der Waals surface area (Å²) in [6, 6.07) is 21.8. The molecule has 4 rings (SSSR count). The molecule has 1 atom stereocenters. The maximum absolute atomic E-state index is 12.4. The first-order valence-corrected chi connectivity index (χ1v) is 7.09. The van der Waals surface area contributed by atoms with Gasteiger partial charge in [0, 0.05) is 5.39 Å². The molecule has 1 aliphatic rings. The monoisotopic (exact) mass is 274 g/mol. The first-order valence-electron chi connectivity index (χ1n) is 7.09. The van der Waals surface area contributed by atoms with Crippen molar-refractivity contribution in [1.82, 2.24) is 0 Å². The van der Waals surface area contributed by atoms with E-state index in [0.717, 1.165) is 22.1 Å². The van der Waals surface area contributed by atoms with E-state index in [4.69, 9.17) is 4.74 Å². The van der Waals surface area contributed by atoms with Gasteiger partial charge >= 0.3 is 0 Å². The first kappa shape index (κ1) is 12.2. The lowest BCUT2D eigenvalue weighted by atomic mass is 9.94. The fourth-order valence-electron chi connectivity index (χ4n) is 2.91. The Morgan fingerprint density at radius 1 is 0.857 bits per heavy atom. The molecule has 0 bridgehead atoms. The van der Waals surface area contributed by atoms with E-state index in [2.05, 4.69) is 0 Å². The third-order valence-electron chi connectivity index (χ3n) is 3.98. The zero-order valence-corrected chi connectivity index (χ0v) is 11.5. The quantitative estimate of drug-likeness (QED) is 0.651. The number of hydrogen-bond donors (Lipinski definition) is 0. The van der Waals surface area contributed by atoms with Gasteiger partial charge in [-0.3, -0.25) is 4.79 Å². The Morgan fingerprint density at radius 3 is 2.48 bits per heavy atom. The smallest absolute Gasteiger partial charge is 0.170 e. The highest BCUT2D eigenvalue weighted by Crippen LogP contribution is 2.39. The highest BCUT2D eigenvalue weighted by Gasteiger charge is 2.28. The van der Waals surface area contributed by atoms with Crippen LogP contribution in [0.3, 0.4) is 0 Å². The predicted molar refractivity (Wildman–Crippen MR) is 82.7 cm³/mol. The maximum atomic E-state index is 12.4. The van der Waals surface area contributed by atoms with Crippen molar-refractivity contribution in [2.24, 2.45) is 0 Å². The highest BCUT2D eigenvalue weighted by atomic mass is 16.5. The Kier molecular flexibility index (Phi) is 2.74. The molecule has 2 nitrogen and oxygen atoms in total. The molecule has 2 heteroatoms.